The van der Waals surface area contributed by atoms with Gasteiger partial charge in [0.15, 0.2) is 0 Å². The Kier molecular flexibility index (Phi) is 4.04. The second-order valence-electron chi connectivity index (χ2n) is 6.31. The summed E-state index contributed by atoms with van der Waals surface area (Å²) >= 11 is 0. The summed E-state index contributed by atoms with van der Waals surface area (Å²) in [6.45, 7) is 8.35. The molecule has 0 fully saturated rings. The van der Waals surface area contributed by atoms with Crippen molar-refractivity contribution in [2.75, 3.05) is 18.1 Å². The highest BCUT2D eigenvalue weighted by Gasteiger charge is 2.30. The number of carbonyl (C=O) groups excluding carboxylic acids is 1. The summed E-state index contributed by atoms with van der Waals surface area (Å²) in [4.78, 5) is 13.9. The number of rotatable bonds is 2. The quantitative estimate of drug-likeness (QED) is 0.903. The number of anilines is 1. The van der Waals surface area contributed by atoms with E-state index in [4.69, 9.17) is 4.74 Å². The Bertz CT molecular complexity index is 505. The van der Waals surface area contributed by atoms with Gasteiger partial charge in [-0.2, -0.15) is 0 Å². The SMILES string of the molecule is CC(CO)c1cccc2c1CCN2C(=O)OC(C)(C)C. The zero-order valence-electron chi connectivity index (χ0n) is 12.6. The monoisotopic (exact) mass is 277 g/mol. The van der Waals surface area contributed by atoms with Crippen LogP contribution in [-0.2, 0) is 11.2 Å². The summed E-state index contributed by atoms with van der Waals surface area (Å²) in [6, 6.07) is 5.90. The maximum atomic E-state index is 12.2. The second kappa shape index (κ2) is 5.44. The zero-order valence-corrected chi connectivity index (χ0v) is 12.6. The van der Waals surface area contributed by atoms with Crippen LogP contribution in [0.3, 0.4) is 0 Å². The number of hydrogen-bond donors (Lipinski definition) is 1. The number of carbonyl (C=O) groups is 1. The van der Waals surface area contributed by atoms with Crippen molar-refractivity contribution in [2.24, 2.45) is 0 Å². The minimum absolute atomic E-state index is 0.0866. The summed E-state index contributed by atoms with van der Waals surface area (Å²) in [6.07, 6.45) is 0.514. The van der Waals surface area contributed by atoms with Gasteiger partial charge >= 0.3 is 6.09 Å². The number of hydrogen-bond acceptors (Lipinski definition) is 3. The largest absolute Gasteiger partial charge is 0.443 e. The standard InChI is InChI=1S/C16H23NO3/c1-11(10-18)12-6-5-7-14-13(12)8-9-17(14)15(19)20-16(2,3)4/h5-7,11,18H,8-10H2,1-4H3. The Morgan fingerprint density at radius 1 is 1.45 bits per heavy atom. The van der Waals surface area contributed by atoms with E-state index in [2.05, 4.69) is 0 Å². The molecule has 110 valence electrons. The predicted molar refractivity (Wildman–Crippen MR) is 79.2 cm³/mol. The molecule has 1 unspecified atom stereocenters. The van der Waals surface area contributed by atoms with Crippen molar-refractivity contribution in [2.45, 2.75) is 45.6 Å². The number of amides is 1. The van der Waals surface area contributed by atoms with Crippen LogP contribution in [0, 0.1) is 0 Å². The molecule has 20 heavy (non-hydrogen) atoms. The molecule has 1 aliphatic rings. The first-order valence-electron chi connectivity index (χ1n) is 7.06. The first-order valence-corrected chi connectivity index (χ1v) is 7.06. The van der Waals surface area contributed by atoms with E-state index in [1.807, 2.05) is 45.9 Å². The second-order valence-corrected chi connectivity index (χ2v) is 6.31. The lowest BCUT2D eigenvalue weighted by atomic mass is 9.95. The van der Waals surface area contributed by atoms with Crippen molar-refractivity contribution in [3.05, 3.63) is 29.3 Å². The van der Waals surface area contributed by atoms with Crippen molar-refractivity contribution in [3.8, 4) is 0 Å². The highest BCUT2D eigenvalue weighted by molar-refractivity contribution is 5.91. The molecule has 1 aromatic carbocycles. The first-order chi connectivity index (χ1) is 9.33. The molecule has 1 aromatic rings. The van der Waals surface area contributed by atoms with E-state index in [1.165, 1.54) is 0 Å². The Hall–Kier alpha value is -1.55. The lowest BCUT2D eigenvalue weighted by molar-refractivity contribution is 0.0584. The van der Waals surface area contributed by atoms with E-state index in [1.54, 1.807) is 4.90 Å². The van der Waals surface area contributed by atoms with Gasteiger partial charge in [0.1, 0.15) is 5.60 Å². The van der Waals surface area contributed by atoms with Gasteiger partial charge in [0.05, 0.1) is 5.69 Å². The molecular weight excluding hydrogens is 254 g/mol. The summed E-state index contributed by atoms with van der Waals surface area (Å²) in [7, 11) is 0. The third-order valence-corrected chi connectivity index (χ3v) is 3.48. The average Bonchev–Trinajstić information content (AvgIpc) is 2.79. The van der Waals surface area contributed by atoms with E-state index in [-0.39, 0.29) is 18.6 Å². The van der Waals surface area contributed by atoms with E-state index < -0.39 is 5.60 Å². The molecule has 0 saturated carbocycles. The molecule has 2 rings (SSSR count). The molecule has 0 radical (unpaired) electrons. The first kappa shape index (κ1) is 14.9. The summed E-state index contributed by atoms with van der Waals surface area (Å²) in [5.74, 6) is 0.0866. The molecule has 0 bridgehead atoms. The number of fused-ring (bicyclic) bond motifs is 1. The van der Waals surface area contributed by atoms with E-state index in [9.17, 15) is 9.90 Å². The third-order valence-electron chi connectivity index (χ3n) is 3.48. The lowest BCUT2D eigenvalue weighted by Crippen LogP contribution is -2.35. The van der Waals surface area contributed by atoms with Gasteiger partial charge < -0.3 is 9.84 Å². The van der Waals surface area contributed by atoms with Crippen LogP contribution in [0.25, 0.3) is 0 Å². The molecule has 1 heterocycles. The molecule has 0 saturated heterocycles. The topological polar surface area (TPSA) is 49.8 Å². The van der Waals surface area contributed by atoms with Gasteiger partial charge in [-0.25, -0.2) is 4.79 Å². The van der Waals surface area contributed by atoms with Crippen LogP contribution in [0.4, 0.5) is 10.5 Å². The molecule has 0 spiro atoms. The fraction of sp³-hybridized carbons (Fsp3) is 0.562. The van der Waals surface area contributed by atoms with Crippen molar-refractivity contribution in [3.63, 3.8) is 0 Å². The predicted octanol–water partition coefficient (Wildman–Crippen LogP) is 3.08. The summed E-state index contributed by atoms with van der Waals surface area (Å²) < 4.78 is 5.44. The molecule has 1 N–H and O–H groups in total. The highest BCUT2D eigenvalue weighted by atomic mass is 16.6. The molecule has 0 aromatic heterocycles. The Morgan fingerprint density at radius 3 is 2.75 bits per heavy atom. The molecule has 0 aliphatic carbocycles. The number of ether oxygens (including phenoxy) is 1. The molecule has 1 aliphatic heterocycles. The maximum absolute atomic E-state index is 12.2. The minimum Gasteiger partial charge on any atom is -0.443 e. The van der Waals surface area contributed by atoms with Crippen LogP contribution >= 0.6 is 0 Å². The van der Waals surface area contributed by atoms with Crippen molar-refractivity contribution in [1.29, 1.82) is 0 Å². The molecule has 1 atom stereocenters. The van der Waals surface area contributed by atoms with Gasteiger partial charge in [0.25, 0.3) is 0 Å². The Labute approximate surface area is 120 Å². The van der Waals surface area contributed by atoms with Crippen LogP contribution in [0.2, 0.25) is 0 Å². The van der Waals surface area contributed by atoms with E-state index >= 15 is 0 Å². The van der Waals surface area contributed by atoms with Gasteiger partial charge in [-0.15, -0.1) is 0 Å². The van der Waals surface area contributed by atoms with Crippen molar-refractivity contribution < 1.29 is 14.6 Å². The normalized spacial score (nSPS) is 15.9. The number of nitrogens with zero attached hydrogens (tertiary/aromatic N) is 1. The number of aliphatic hydroxyl groups excluding tert-OH is 1. The van der Waals surface area contributed by atoms with E-state index in [0.29, 0.717) is 6.54 Å². The van der Waals surface area contributed by atoms with E-state index in [0.717, 1.165) is 23.2 Å². The summed E-state index contributed by atoms with van der Waals surface area (Å²) in [5.41, 5.74) is 2.70. The van der Waals surface area contributed by atoms with Crippen LogP contribution < -0.4 is 4.90 Å². The maximum Gasteiger partial charge on any atom is 0.414 e. The number of benzene rings is 1. The Balaban J connectivity index is 2.28. The lowest BCUT2D eigenvalue weighted by Gasteiger charge is -2.25. The molecular formula is C16H23NO3. The molecule has 1 amide bonds. The van der Waals surface area contributed by atoms with Gasteiger partial charge in [0.2, 0.25) is 0 Å². The van der Waals surface area contributed by atoms with Gasteiger partial charge in [-0.1, -0.05) is 19.1 Å². The fourth-order valence-corrected chi connectivity index (χ4v) is 2.53. The average molecular weight is 277 g/mol. The van der Waals surface area contributed by atoms with Crippen molar-refractivity contribution >= 4 is 11.8 Å². The minimum atomic E-state index is -0.490. The van der Waals surface area contributed by atoms with Crippen LogP contribution in [0.1, 0.15) is 44.7 Å². The van der Waals surface area contributed by atoms with Crippen LogP contribution in [0.5, 0.6) is 0 Å². The van der Waals surface area contributed by atoms with Gasteiger partial charge in [0, 0.05) is 19.1 Å². The third kappa shape index (κ3) is 2.96. The fourth-order valence-electron chi connectivity index (χ4n) is 2.53. The van der Waals surface area contributed by atoms with Crippen molar-refractivity contribution in [1.82, 2.24) is 0 Å². The van der Waals surface area contributed by atoms with Crippen LogP contribution in [-0.4, -0.2) is 30.0 Å². The van der Waals surface area contributed by atoms with Crippen LogP contribution in [0.15, 0.2) is 18.2 Å². The van der Waals surface area contributed by atoms with Gasteiger partial charge in [-0.3, -0.25) is 4.90 Å². The highest BCUT2D eigenvalue weighted by Crippen LogP contribution is 2.34. The zero-order chi connectivity index (χ0) is 14.9. The summed E-state index contributed by atoms with van der Waals surface area (Å²) in [5, 5.41) is 9.34. The molecule has 4 nitrogen and oxygen atoms in total. The van der Waals surface area contributed by atoms with Gasteiger partial charge in [-0.05, 0) is 44.4 Å². The molecule has 4 heteroatoms. The number of aliphatic hydroxyl groups is 1. The smallest absolute Gasteiger partial charge is 0.414 e. The Morgan fingerprint density at radius 2 is 2.15 bits per heavy atom.